The molecule has 1 heterocycles. The minimum absolute atomic E-state index is 0.353. The van der Waals surface area contributed by atoms with Crippen LogP contribution in [0.1, 0.15) is 279 Å². The van der Waals surface area contributed by atoms with Gasteiger partial charge in [-0.05, 0) is 51.9 Å². The fraction of sp³-hybridized carbons (Fsp3) is 0.965. The Labute approximate surface area is 397 Å². The Kier molecular flexibility index (Phi) is 49.6. The number of hydrogen-bond donors (Lipinski definition) is 0. The molecule has 0 aromatic carbocycles. The highest BCUT2D eigenvalue weighted by Crippen LogP contribution is 2.22. The lowest BCUT2D eigenvalue weighted by Gasteiger charge is -2.34. The van der Waals surface area contributed by atoms with Gasteiger partial charge >= 0.3 is 0 Å². The molecular weight excluding hydrogens is 773 g/mol. The molecule has 6 heteroatoms. The van der Waals surface area contributed by atoms with Gasteiger partial charge in [-0.3, -0.25) is 9.69 Å². The number of unbranched alkanes of at least 4 members (excludes halogenated alkanes) is 30. The SMILES string of the molecule is CCCCCCCCCC(CC=O)CCCCCCCCC.CCCCCCCCCN(CCCCCCCCC)CCN(CCCCCCCCC)CC(=O)N1CCN(C)CC1. The molecule has 1 saturated heterocycles. The van der Waals surface area contributed by atoms with Gasteiger partial charge in [-0.25, -0.2) is 0 Å². The van der Waals surface area contributed by atoms with Crippen LogP contribution in [0, 0.1) is 5.92 Å². The van der Waals surface area contributed by atoms with Gasteiger partial charge in [0.15, 0.2) is 0 Å². The number of carbonyl (C=O) groups excluding carboxylic acids is 2. The van der Waals surface area contributed by atoms with Crippen molar-refractivity contribution in [3.8, 4) is 0 Å². The van der Waals surface area contributed by atoms with Crippen LogP contribution in [0.25, 0.3) is 0 Å². The third-order valence-electron chi connectivity index (χ3n) is 14.0. The van der Waals surface area contributed by atoms with E-state index >= 15 is 0 Å². The molecule has 0 saturated carbocycles. The van der Waals surface area contributed by atoms with Gasteiger partial charge in [0.05, 0.1) is 6.54 Å². The molecule has 0 N–H and O–H groups in total. The van der Waals surface area contributed by atoms with Crippen LogP contribution in [0.5, 0.6) is 0 Å². The Morgan fingerprint density at radius 3 is 1.06 bits per heavy atom. The summed E-state index contributed by atoms with van der Waals surface area (Å²) >= 11 is 0. The second-order valence-corrected chi connectivity index (χ2v) is 20.3. The van der Waals surface area contributed by atoms with Crippen molar-refractivity contribution < 1.29 is 9.59 Å². The lowest BCUT2D eigenvalue weighted by molar-refractivity contribution is -0.134. The zero-order chi connectivity index (χ0) is 46.1. The summed E-state index contributed by atoms with van der Waals surface area (Å²) < 4.78 is 0. The molecule has 1 aliphatic rings. The first-order valence-electron chi connectivity index (χ1n) is 28.8. The van der Waals surface area contributed by atoms with Gasteiger partial charge in [0.25, 0.3) is 0 Å². The summed E-state index contributed by atoms with van der Waals surface area (Å²) in [7, 11) is 2.17. The van der Waals surface area contributed by atoms with Crippen molar-refractivity contribution in [2.75, 3.05) is 72.5 Å². The zero-order valence-corrected chi connectivity index (χ0v) is 44.2. The molecule has 1 fully saturated rings. The standard InChI is InChI=1S/C36H74N4O.C21H42O/c1-5-8-11-14-17-20-23-26-38(27-24-21-18-15-12-9-6-2)31-32-39(28-25-22-19-16-13-10-7-3)35-36(41)40-33-29-37(4)30-34-40;1-3-5-7-9-11-13-15-17-21(19-20-22)18-16-14-12-10-8-6-4-2/h5-35H2,1-4H3;20-21H,3-19H2,1-2H3. The summed E-state index contributed by atoms with van der Waals surface area (Å²) in [6.45, 7) is 21.6. The topological polar surface area (TPSA) is 47.1 Å². The van der Waals surface area contributed by atoms with E-state index in [0.717, 1.165) is 58.5 Å². The first-order valence-corrected chi connectivity index (χ1v) is 28.8. The summed E-state index contributed by atoms with van der Waals surface area (Å²) in [6.07, 6.45) is 52.4. The van der Waals surface area contributed by atoms with Crippen LogP contribution in [-0.2, 0) is 9.59 Å². The number of aldehydes is 1. The third kappa shape index (κ3) is 43.4. The maximum Gasteiger partial charge on any atom is 0.236 e. The number of amides is 1. The molecule has 63 heavy (non-hydrogen) atoms. The molecule has 0 unspecified atom stereocenters. The predicted octanol–water partition coefficient (Wildman–Crippen LogP) is 16.1. The highest BCUT2D eigenvalue weighted by molar-refractivity contribution is 5.78. The van der Waals surface area contributed by atoms with Crippen LogP contribution < -0.4 is 0 Å². The Hall–Kier alpha value is -0.980. The zero-order valence-electron chi connectivity index (χ0n) is 44.2. The van der Waals surface area contributed by atoms with Crippen LogP contribution in [0.3, 0.4) is 0 Å². The third-order valence-corrected chi connectivity index (χ3v) is 14.0. The van der Waals surface area contributed by atoms with E-state index < -0.39 is 0 Å². The van der Waals surface area contributed by atoms with E-state index in [1.807, 2.05) is 0 Å². The second kappa shape index (κ2) is 50.4. The van der Waals surface area contributed by atoms with E-state index in [1.165, 1.54) is 251 Å². The molecule has 0 aliphatic carbocycles. The molecule has 0 spiro atoms. The summed E-state index contributed by atoms with van der Waals surface area (Å²) in [5.41, 5.74) is 0. The summed E-state index contributed by atoms with van der Waals surface area (Å²) in [4.78, 5) is 33.8. The van der Waals surface area contributed by atoms with Crippen molar-refractivity contribution >= 4 is 12.2 Å². The molecule has 0 radical (unpaired) electrons. The van der Waals surface area contributed by atoms with E-state index in [-0.39, 0.29) is 0 Å². The average molecular weight is 890 g/mol. The van der Waals surface area contributed by atoms with Crippen molar-refractivity contribution in [1.82, 2.24) is 19.6 Å². The molecule has 0 atom stereocenters. The van der Waals surface area contributed by atoms with Gasteiger partial charge in [-0.2, -0.15) is 0 Å². The van der Waals surface area contributed by atoms with Gasteiger partial charge in [0, 0.05) is 45.7 Å². The number of likely N-dealkylation sites (N-methyl/N-ethyl adjacent to an activating group) is 1. The monoisotopic (exact) mass is 889 g/mol. The molecule has 1 amide bonds. The largest absolute Gasteiger partial charge is 0.339 e. The fourth-order valence-electron chi connectivity index (χ4n) is 9.41. The number of carbonyl (C=O) groups is 2. The summed E-state index contributed by atoms with van der Waals surface area (Å²) in [6, 6.07) is 0. The van der Waals surface area contributed by atoms with Gasteiger partial charge in [-0.1, -0.05) is 253 Å². The minimum atomic E-state index is 0.353. The molecule has 1 aliphatic heterocycles. The van der Waals surface area contributed by atoms with Crippen LogP contribution >= 0.6 is 0 Å². The van der Waals surface area contributed by atoms with Crippen LogP contribution in [-0.4, -0.2) is 104 Å². The fourth-order valence-corrected chi connectivity index (χ4v) is 9.41. The van der Waals surface area contributed by atoms with Crippen molar-refractivity contribution in [1.29, 1.82) is 0 Å². The first-order chi connectivity index (χ1) is 30.9. The van der Waals surface area contributed by atoms with Crippen LogP contribution in [0.4, 0.5) is 0 Å². The summed E-state index contributed by atoms with van der Waals surface area (Å²) in [5, 5.41) is 0. The average Bonchev–Trinajstić information content (AvgIpc) is 3.29. The van der Waals surface area contributed by atoms with Crippen molar-refractivity contribution in [3.05, 3.63) is 0 Å². The number of nitrogens with zero attached hydrogens (tertiary/aromatic N) is 4. The van der Waals surface area contributed by atoms with E-state index in [2.05, 4.69) is 61.3 Å². The highest BCUT2D eigenvalue weighted by Gasteiger charge is 2.21. The lowest BCUT2D eigenvalue weighted by atomic mass is 9.92. The number of hydrogen-bond acceptors (Lipinski definition) is 5. The Bertz CT molecular complexity index is 873. The predicted molar refractivity (Wildman–Crippen MR) is 280 cm³/mol. The number of piperazine rings is 1. The van der Waals surface area contributed by atoms with Crippen molar-refractivity contribution in [3.63, 3.8) is 0 Å². The van der Waals surface area contributed by atoms with Crippen LogP contribution in [0.2, 0.25) is 0 Å². The Morgan fingerprint density at radius 1 is 0.413 bits per heavy atom. The smallest absolute Gasteiger partial charge is 0.236 e. The maximum absolute atomic E-state index is 13.3. The van der Waals surface area contributed by atoms with E-state index in [4.69, 9.17) is 0 Å². The molecule has 6 nitrogen and oxygen atoms in total. The van der Waals surface area contributed by atoms with E-state index in [0.29, 0.717) is 18.4 Å². The molecule has 1 rings (SSSR count). The molecular formula is C57H116N4O2. The Balaban J connectivity index is 0.00000147. The molecule has 0 bridgehead atoms. The molecule has 376 valence electrons. The van der Waals surface area contributed by atoms with Gasteiger partial charge in [0.2, 0.25) is 5.91 Å². The highest BCUT2D eigenvalue weighted by atomic mass is 16.2. The second-order valence-electron chi connectivity index (χ2n) is 20.3. The Morgan fingerprint density at radius 2 is 0.714 bits per heavy atom. The first kappa shape index (κ1) is 62.0. The van der Waals surface area contributed by atoms with E-state index in [9.17, 15) is 9.59 Å². The van der Waals surface area contributed by atoms with Crippen molar-refractivity contribution in [2.45, 2.75) is 279 Å². The van der Waals surface area contributed by atoms with Gasteiger partial charge < -0.3 is 19.5 Å². The molecule has 0 aromatic heterocycles. The molecule has 0 aromatic rings. The quantitative estimate of drug-likeness (QED) is 0.0450. The van der Waals surface area contributed by atoms with Gasteiger partial charge in [-0.15, -0.1) is 0 Å². The lowest BCUT2D eigenvalue weighted by Crippen LogP contribution is -2.50. The minimum Gasteiger partial charge on any atom is -0.339 e. The van der Waals surface area contributed by atoms with E-state index in [1.54, 1.807) is 0 Å². The number of rotatable bonds is 47. The normalized spacial score (nSPS) is 13.4. The van der Waals surface area contributed by atoms with Gasteiger partial charge in [0.1, 0.15) is 6.29 Å². The summed E-state index contributed by atoms with van der Waals surface area (Å²) in [5.74, 6) is 1.02. The van der Waals surface area contributed by atoms with Crippen molar-refractivity contribution in [2.24, 2.45) is 5.92 Å². The van der Waals surface area contributed by atoms with Crippen LogP contribution in [0.15, 0.2) is 0 Å². The maximum atomic E-state index is 13.3.